The highest BCUT2D eigenvalue weighted by atomic mass is 35.5. The number of halogens is 2. The quantitative estimate of drug-likeness (QED) is 0.806. The number of carbonyl (C=O) groups excluding carboxylic acids is 1. The summed E-state index contributed by atoms with van der Waals surface area (Å²) >= 11 is 12.3. The minimum Gasteiger partial charge on any atom is -0.398 e. The van der Waals surface area contributed by atoms with Crippen LogP contribution in [0.25, 0.3) is 0 Å². The smallest absolute Gasteiger partial charge is 0.258 e. The molecule has 0 saturated heterocycles. The molecule has 0 radical (unpaired) electrons. The van der Waals surface area contributed by atoms with Crippen molar-refractivity contribution in [2.75, 3.05) is 11.1 Å². The second-order valence-corrected chi connectivity index (χ2v) is 5.33. The van der Waals surface area contributed by atoms with Gasteiger partial charge < -0.3 is 11.1 Å². The molecule has 1 amide bonds. The summed E-state index contributed by atoms with van der Waals surface area (Å²) in [6.07, 6.45) is 0. The standard InChI is InChI=1S/C15H14Cl2N2O/c1-8-4-3-5-11(18)12(8)15(20)19-14-10(16)7-6-9(2)13(14)17/h3-7H,18H2,1-2H3,(H,19,20). The minimum absolute atomic E-state index is 0.324. The first-order valence-corrected chi connectivity index (χ1v) is 6.78. The Balaban J connectivity index is 2.41. The van der Waals surface area contributed by atoms with E-state index < -0.39 is 0 Å². The highest BCUT2D eigenvalue weighted by Crippen LogP contribution is 2.33. The van der Waals surface area contributed by atoms with Crippen molar-refractivity contribution in [3.8, 4) is 0 Å². The van der Waals surface area contributed by atoms with Crippen LogP contribution in [0.4, 0.5) is 11.4 Å². The van der Waals surface area contributed by atoms with Gasteiger partial charge in [-0.1, -0.05) is 41.4 Å². The predicted octanol–water partition coefficient (Wildman–Crippen LogP) is 4.44. The molecule has 0 aliphatic carbocycles. The topological polar surface area (TPSA) is 55.1 Å². The Morgan fingerprint density at radius 2 is 1.80 bits per heavy atom. The molecule has 0 atom stereocenters. The number of hydrogen-bond acceptors (Lipinski definition) is 2. The van der Waals surface area contributed by atoms with Crippen molar-refractivity contribution in [2.45, 2.75) is 13.8 Å². The SMILES string of the molecule is Cc1ccc(Cl)c(NC(=O)c2c(C)cccc2N)c1Cl. The Labute approximate surface area is 127 Å². The van der Waals surface area contributed by atoms with Gasteiger partial charge >= 0.3 is 0 Å². The van der Waals surface area contributed by atoms with E-state index in [1.54, 1.807) is 24.3 Å². The molecule has 2 aromatic carbocycles. The van der Waals surface area contributed by atoms with Crippen molar-refractivity contribution in [2.24, 2.45) is 0 Å². The number of carbonyl (C=O) groups is 1. The maximum Gasteiger partial charge on any atom is 0.258 e. The van der Waals surface area contributed by atoms with Gasteiger partial charge in [-0.2, -0.15) is 0 Å². The van der Waals surface area contributed by atoms with E-state index in [4.69, 9.17) is 28.9 Å². The van der Waals surface area contributed by atoms with Crippen LogP contribution in [0.3, 0.4) is 0 Å². The van der Waals surface area contributed by atoms with Gasteiger partial charge in [0.2, 0.25) is 0 Å². The number of nitrogens with two attached hydrogens (primary N) is 1. The highest BCUT2D eigenvalue weighted by molar-refractivity contribution is 6.40. The van der Waals surface area contributed by atoms with Gasteiger partial charge in [0, 0.05) is 5.69 Å². The molecule has 0 heterocycles. The molecule has 20 heavy (non-hydrogen) atoms. The van der Waals surface area contributed by atoms with E-state index in [1.807, 2.05) is 19.9 Å². The number of nitrogens with one attached hydrogen (secondary N) is 1. The molecular formula is C15H14Cl2N2O. The molecule has 5 heteroatoms. The van der Waals surface area contributed by atoms with Gasteiger partial charge in [0.25, 0.3) is 5.91 Å². The zero-order valence-electron chi connectivity index (χ0n) is 11.1. The van der Waals surface area contributed by atoms with Gasteiger partial charge in [0.15, 0.2) is 0 Å². The third-order valence-corrected chi connectivity index (χ3v) is 3.86. The van der Waals surface area contributed by atoms with Crippen LogP contribution in [-0.2, 0) is 0 Å². The molecule has 3 N–H and O–H groups in total. The van der Waals surface area contributed by atoms with Crippen molar-refractivity contribution in [3.05, 3.63) is 57.1 Å². The molecule has 2 aromatic rings. The lowest BCUT2D eigenvalue weighted by atomic mass is 10.1. The Morgan fingerprint density at radius 1 is 1.10 bits per heavy atom. The minimum atomic E-state index is -0.324. The van der Waals surface area contributed by atoms with Crippen LogP contribution in [0, 0.1) is 13.8 Å². The largest absolute Gasteiger partial charge is 0.398 e. The number of anilines is 2. The Hall–Kier alpha value is -1.71. The molecule has 0 aromatic heterocycles. The van der Waals surface area contributed by atoms with Gasteiger partial charge in [-0.15, -0.1) is 0 Å². The Bertz CT molecular complexity index is 664. The molecule has 0 fully saturated rings. The fourth-order valence-electron chi connectivity index (χ4n) is 1.95. The summed E-state index contributed by atoms with van der Waals surface area (Å²) in [4.78, 5) is 12.4. The summed E-state index contributed by atoms with van der Waals surface area (Å²) in [5, 5.41) is 3.55. The third kappa shape index (κ3) is 2.74. The normalized spacial score (nSPS) is 10.4. The highest BCUT2D eigenvalue weighted by Gasteiger charge is 2.16. The van der Waals surface area contributed by atoms with E-state index in [0.29, 0.717) is 27.0 Å². The van der Waals surface area contributed by atoms with E-state index in [9.17, 15) is 4.79 Å². The van der Waals surface area contributed by atoms with Crippen LogP contribution in [0.2, 0.25) is 10.0 Å². The summed E-state index contributed by atoms with van der Waals surface area (Å²) < 4.78 is 0. The molecule has 0 aliphatic heterocycles. The first-order valence-electron chi connectivity index (χ1n) is 6.03. The monoisotopic (exact) mass is 308 g/mol. The van der Waals surface area contributed by atoms with Gasteiger partial charge in [-0.05, 0) is 37.1 Å². The van der Waals surface area contributed by atoms with Crippen LogP contribution in [-0.4, -0.2) is 5.91 Å². The fourth-order valence-corrected chi connectivity index (χ4v) is 2.41. The first kappa shape index (κ1) is 14.7. The van der Waals surface area contributed by atoms with Crippen LogP contribution in [0.15, 0.2) is 30.3 Å². The van der Waals surface area contributed by atoms with Gasteiger partial charge in [0.1, 0.15) is 0 Å². The second-order valence-electron chi connectivity index (χ2n) is 4.55. The van der Waals surface area contributed by atoms with Crippen LogP contribution in [0.5, 0.6) is 0 Å². The molecule has 0 spiro atoms. The van der Waals surface area contributed by atoms with Crippen molar-refractivity contribution in [3.63, 3.8) is 0 Å². The summed E-state index contributed by atoms with van der Waals surface area (Å²) in [5.41, 5.74) is 8.74. The van der Waals surface area contributed by atoms with Crippen molar-refractivity contribution < 1.29 is 4.79 Å². The predicted molar refractivity (Wildman–Crippen MR) is 84.7 cm³/mol. The summed E-state index contributed by atoms with van der Waals surface area (Å²) in [6.45, 7) is 3.67. The van der Waals surface area contributed by atoms with Crippen molar-refractivity contribution in [1.82, 2.24) is 0 Å². The first-order chi connectivity index (χ1) is 9.41. The number of nitrogen functional groups attached to an aromatic ring is 1. The number of amides is 1. The number of benzene rings is 2. The van der Waals surface area contributed by atoms with Crippen LogP contribution < -0.4 is 11.1 Å². The lowest BCUT2D eigenvalue weighted by Crippen LogP contribution is -2.16. The van der Waals surface area contributed by atoms with E-state index in [0.717, 1.165) is 11.1 Å². The van der Waals surface area contributed by atoms with Crippen LogP contribution >= 0.6 is 23.2 Å². The summed E-state index contributed by atoms with van der Waals surface area (Å²) in [6, 6.07) is 8.79. The molecular weight excluding hydrogens is 295 g/mol. The summed E-state index contributed by atoms with van der Waals surface area (Å²) in [7, 11) is 0. The summed E-state index contributed by atoms with van der Waals surface area (Å²) in [5.74, 6) is -0.324. The van der Waals surface area contributed by atoms with Gasteiger partial charge in [0.05, 0.1) is 21.3 Å². The maximum absolute atomic E-state index is 12.4. The molecule has 0 saturated carbocycles. The molecule has 0 unspecified atom stereocenters. The average Bonchev–Trinajstić information content (AvgIpc) is 2.39. The molecule has 104 valence electrons. The molecule has 0 bridgehead atoms. The fraction of sp³-hybridized carbons (Fsp3) is 0.133. The zero-order chi connectivity index (χ0) is 14.9. The number of rotatable bonds is 2. The Morgan fingerprint density at radius 3 is 2.45 bits per heavy atom. The van der Waals surface area contributed by atoms with E-state index in [1.165, 1.54) is 0 Å². The maximum atomic E-state index is 12.4. The molecule has 2 rings (SSSR count). The second kappa shape index (κ2) is 5.73. The molecule has 0 aliphatic rings. The number of hydrogen-bond donors (Lipinski definition) is 2. The van der Waals surface area contributed by atoms with E-state index in [2.05, 4.69) is 5.32 Å². The van der Waals surface area contributed by atoms with E-state index >= 15 is 0 Å². The van der Waals surface area contributed by atoms with Crippen LogP contribution in [0.1, 0.15) is 21.5 Å². The lowest BCUT2D eigenvalue weighted by Gasteiger charge is -2.13. The Kier molecular flexibility index (Phi) is 4.21. The third-order valence-electron chi connectivity index (χ3n) is 3.05. The average molecular weight is 309 g/mol. The molecule has 3 nitrogen and oxygen atoms in total. The zero-order valence-corrected chi connectivity index (χ0v) is 12.6. The van der Waals surface area contributed by atoms with Gasteiger partial charge in [-0.3, -0.25) is 4.79 Å². The lowest BCUT2D eigenvalue weighted by molar-refractivity contribution is 0.102. The van der Waals surface area contributed by atoms with Gasteiger partial charge in [-0.25, -0.2) is 0 Å². The van der Waals surface area contributed by atoms with Crippen molar-refractivity contribution in [1.29, 1.82) is 0 Å². The number of aryl methyl sites for hydroxylation is 2. The van der Waals surface area contributed by atoms with Crippen molar-refractivity contribution >= 4 is 40.5 Å². The van der Waals surface area contributed by atoms with E-state index in [-0.39, 0.29) is 5.91 Å².